The van der Waals surface area contributed by atoms with E-state index < -0.39 is 0 Å². The Bertz CT molecular complexity index is 146. The summed E-state index contributed by atoms with van der Waals surface area (Å²) in [7, 11) is 0. The van der Waals surface area contributed by atoms with Crippen molar-refractivity contribution < 1.29 is 0 Å². The first-order valence-corrected chi connectivity index (χ1v) is 4.21. The highest BCUT2D eigenvalue weighted by Gasteiger charge is 2.85. The van der Waals surface area contributed by atoms with Crippen LogP contribution in [0.3, 0.4) is 0 Å². The van der Waals surface area contributed by atoms with E-state index in [1.165, 1.54) is 19.3 Å². The lowest BCUT2D eigenvalue weighted by molar-refractivity contribution is 0.436. The Morgan fingerprint density at radius 2 is 2.11 bits per heavy atom. The van der Waals surface area contributed by atoms with E-state index >= 15 is 0 Å². The highest BCUT2D eigenvalue weighted by atomic mass is 14.9. The minimum Gasteiger partial charge on any atom is -0.0651 e. The largest absolute Gasteiger partial charge is 0.0651 e. The van der Waals surface area contributed by atoms with Crippen molar-refractivity contribution in [3.63, 3.8) is 0 Å². The van der Waals surface area contributed by atoms with Crippen LogP contribution in [0.15, 0.2) is 0 Å². The van der Waals surface area contributed by atoms with E-state index in [1.54, 1.807) is 0 Å². The molecule has 0 amide bonds. The Balaban J connectivity index is 2.08. The van der Waals surface area contributed by atoms with Gasteiger partial charge in [-0.05, 0) is 29.6 Å². The molecule has 0 radical (unpaired) electrons. The predicted octanol–water partition coefficient (Wildman–Crippen LogP) is 2.83. The molecule has 2 saturated carbocycles. The highest BCUT2D eigenvalue weighted by Crippen LogP contribution is 2.91. The number of fused-ring (bicyclic) bond motifs is 1. The van der Waals surface area contributed by atoms with Gasteiger partial charge in [-0.25, -0.2) is 0 Å². The summed E-state index contributed by atoms with van der Waals surface area (Å²) in [4.78, 5) is 0. The molecule has 0 N–H and O–H groups in total. The van der Waals surface area contributed by atoms with Gasteiger partial charge in [0.05, 0.1) is 0 Å². The summed E-state index contributed by atoms with van der Waals surface area (Å²) in [5.74, 6) is 1.11. The molecule has 0 spiro atoms. The van der Waals surface area contributed by atoms with Gasteiger partial charge in [-0.2, -0.15) is 0 Å². The van der Waals surface area contributed by atoms with Gasteiger partial charge in [-0.15, -0.1) is 0 Å². The zero-order valence-electron chi connectivity index (χ0n) is 6.70. The van der Waals surface area contributed by atoms with Gasteiger partial charge in [-0.3, -0.25) is 0 Å². The molecule has 0 nitrogen and oxygen atoms in total. The third-order valence-electron chi connectivity index (χ3n) is 4.09. The van der Waals surface area contributed by atoms with E-state index in [4.69, 9.17) is 0 Å². The van der Waals surface area contributed by atoms with Crippen molar-refractivity contribution in [3.8, 4) is 0 Å². The molecule has 52 valence electrons. The first kappa shape index (κ1) is 5.76. The van der Waals surface area contributed by atoms with Gasteiger partial charge in [0.1, 0.15) is 0 Å². The maximum atomic E-state index is 2.46. The summed E-state index contributed by atoms with van der Waals surface area (Å²) < 4.78 is 0. The van der Waals surface area contributed by atoms with E-state index in [9.17, 15) is 0 Å². The molecule has 0 aromatic carbocycles. The van der Waals surface area contributed by atoms with Crippen molar-refractivity contribution in [1.82, 2.24) is 0 Å². The fraction of sp³-hybridized carbons (Fsp3) is 1.00. The standard InChI is InChI=1S/C9H16/c1-4-7-8(3)6-9(7,8)5-2/h7H,4-6H2,1-3H3. The maximum Gasteiger partial charge on any atom is -0.0204 e. The Kier molecular flexibility index (Phi) is 0.774. The van der Waals surface area contributed by atoms with Crippen molar-refractivity contribution in [1.29, 1.82) is 0 Å². The molecule has 0 heteroatoms. The number of hydrogen-bond acceptors (Lipinski definition) is 0. The second-order valence-electron chi connectivity index (χ2n) is 4.06. The number of rotatable bonds is 2. The molecule has 2 rings (SSSR count). The van der Waals surface area contributed by atoms with Crippen LogP contribution < -0.4 is 0 Å². The van der Waals surface area contributed by atoms with Crippen molar-refractivity contribution in [3.05, 3.63) is 0 Å². The SMILES string of the molecule is CCC1C2(C)CC12CC. The molecular weight excluding hydrogens is 108 g/mol. The van der Waals surface area contributed by atoms with Crippen LogP contribution in [-0.4, -0.2) is 0 Å². The summed E-state index contributed by atoms with van der Waals surface area (Å²) in [6.07, 6.45) is 4.39. The van der Waals surface area contributed by atoms with Crippen LogP contribution in [0.2, 0.25) is 0 Å². The molecule has 3 atom stereocenters. The van der Waals surface area contributed by atoms with E-state index in [0.29, 0.717) is 0 Å². The smallest absolute Gasteiger partial charge is 0.0204 e. The average molecular weight is 124 g/mol. The predicted molar refractivity (Wildman–Crippen MR) is 39.2 cm³/mol. The normalized spacial score (nSPS) is 61.0. The third-order valence-corrected chi connectivity index (χ3v) is 4.09. The highest BCUT2D eigenvalue weighted by molar-refractivity contribution is 5.33. The summed E-state index contributed by atoms with van der Waals surface area (Å²) in [6.45, 7) is 7.14. The fourth-order valence-electron chi connectivity index (χ4n) is 3.29. The van der Waals surface area contributed by atoms with Crippen LogP contribution in [0, 0.1) is 16.7 Å². The lowest BCUT2D eigenvalue weighted by Gasteiger charge is -2.06. The molecule has 0 aromatic rings. The lowest BCUT2D eigenvalue weighted by Crippen LogP contribution is -1.97. The van der Waals surface area contributed by atoms with Gasteiger partial charge in [0, 0.05) is 0 Å². The Labute approximate surface area is 57.6 Å². The van der Waals surface area contributed by atoms with Gasteiger partial charge >= 0.3 is 0 Å². The second-order valence-corrected chi connectivity index (χ2v) is 4.06. The quantitative estimate of drug-likeness (QED) is 0.531. The number of hydrogen-bond donors (Lipinski definition) is 0. The zero-order chi connectivity index (χ0) is 6.70. The Hall–Kier alpha value is 0. The molecule has 0 aliphatic heterocycles. The summed E-state index contributed by atoms with van der Waals surface area (Å²) >= 11 is 0. The topological polar surface area (TPSA) is 0 Å². The minimum atomic E-state index is 0.830. The van der Waals surface area contributed by atoms with E-state index in [1.807, 2.05) is 0 Å². The van der Waals surface area contributed by atoms with Crippen LogP contribution in [0.4, 0.5) is 0 Å². The molecule has 0 saturated heterocycles. The Morgan fingerprint density at radius 3 is 2.22 bits per heavy atom. The average Bonchev–Trinajstić information content (AvgIpc) is 2.54. The molecule has 2 fully saturated rings. The van der Waals surface area contributed by atoms with Crippen LogP contribution >= 0.6 is 0 Å². The van der Waals surface area contributed by atoms with Crippen molar-refractivity contribution >= 4 is 0 Å². The fourth-order valence-corrected chi connectivity index (χ4v) is 3.29. The minimum absolute atomic E-state index is 0.830. The molecule has 2 aliphatic rings. The van der Waals surface area contributed by atoms with Crippen molar-refractivity contribution in [2.24, 2.45) is 16.7 Å². The van der Waals surface area contributed by atoms with E-state index in [2.05, 4.69) is 20.8 Å². The van der Waals surface area contributed by atoms with Gasteiger partial charge in [0.15, 0.2) is 0 Å². The van der Waals surface area contributed by atoms with Crippen molar-refractivity contribution in [2.75, 3.05) is 0 Å². The first-order chi connectivity index (χ1) is 4.21. The van der Waals surface area contributed by atoms with Gasteiger partial charge in [0.25, 0.3) is 0 Å². The van der Waals surface area contributed by atoms with E-state index in [0.717, 1.165) is 16.7 Å². The monoisotopic (exact) mass is 124 g/mol. The summed E-state index contributed by atoms with van der Waals surface area (Å²) in [6, 6.07) is 0. The lowest BCUT2D eigenvalue weighted by atomic mass is 9.98. The molecule has 0 heterocycles. The van der Waals surface area contributed by atoms with Crippen LogP contribution in [-0.2, 0) is 0 Å². The van der Waals surface area contributed by atoms with Gasteiger partial charge in [-0.1, -0.05) is 27.2 Å². The summed E-state index contributed by atoms with van der Waals surface area (Å²) in [5.41, 5.74) is 1.69. The molecule has 2 aliphatic carbocycles. The van der Waals surface area contributed by atoms with Crippen LogP contribution in [0.5, 0.6) is 0 Å². The molecular formula is C9H16. The summed E-state index contributed by atoms with van der Waals surface area (Å²) in [5, 5.41) is 0. The Morgan fingerprint density at radius 1 is 1.44 bits per heavy atom. The van der Waals surface area contributed by atoms with E-state index in [-0.39, 0.29) is 0 Å². The molecule has 0 bridgehead atoms. The molecule has 3 unspecified atom stereocenters. The maximum absolute atomic E-state index is 2.46. The third kappa shape index (κ3) is 0.367. The second kappa shape index (κ2) is 1.21. The van der Waals surface area contributed by atoms with Crippen LogP contribution in [0.25, 0.3) is 0 Å². The van der Waals surface area contributed by atoms with Crippen LogP contribution in [0.1, 0.15) is 40.0 Å². The zero-order valence-corrected chi connectivity index (χ0v) is 6.70. The molecule has 0 aromatic heterocycles. The molecule has 9 heavy (non-hydrogen) atoms. The van der Waals surface area contributed by atoms with Crippen molar-refractivity contribution in [2.45, 2.75) is 40.0 Å². The first-order valence-electron chi connectivity index (χ1n) is 4.21. The van der Waals surface area contributed by atoms with Gasteiger partial charge < -0.3 is 0 Å². The van der Waals surface area contributed by atoms with Gasteiger partial charge in [0.2, 0.25) is 0 Å².